The number of aliphatic hydroxyl groups excluding tert-OH is 1. The molecule has 2 aromatic carbocycles. The lowest BCUT2D eigenvalue weighted by Crippen LogP contribution is -2.26. The summed E-state index contributed by atoms with van der Waals surface area (Å²) in [5, 5.41) is 31.3. The smallest absolute Gasteiger partial charge is 0.139 e. The third kappa shape index (κ3) is 3.08. The molecule has 3 aromatic rings. The number of nitrogens with zero attached hydrogens (tertiary/aromatic N) is 2. The molecule has 1 aromatic heterocycles. The predicted molar refractivity (Wildman–Crippen MR) is 110 cm³/mol. The van der Waals surface area contributed by atoms with E-state index in [1.807, 2.05) is 43.5 Å². The van der Waals surface area contributed by atoms with E-state index in [4.69, 9.17) is 5.41 Å². The second-order valence-electron chi connectivity index (χ2n) is 6.63. The van der Waals surface area contributed by atoms with Gasteiger partial charge in [0.1, 0.15) is 22.4 Å². The number of aliphatic hydroxyl groups is 1. The predicted octanol–water partition coefficient (Wildman–Crippen LogP) is 4.90. The Kier molecular flexibility index (Phi) is 4.20. The summed E-state index contributed by atoms with van der Waals surface area (Å²) < 4.78 is 0. The van der Waals surface area contributed by atoms with E-state index in [-0.39, 0.29) is 23.9 Å². The van der Waals surface area contributed by atoms with Crippen LogP contribution in [0.1, 0.15) is 16.1 Å². The van der Waals surface area contributed by atoms with Crippen LogP contribution in [0.5, 0.6) is 5.75 Å². The van der Waals surface area contributed by atoms with Crippen molar-refractivity contribution in [2.45, 2.75) is 13.8 Å². The molecule has 2 heterocycles. The van der Waals surface area contributed by atoms with E-state index < -0.39 is 0 Å². The lowest BCUT2D eigenvalue weighted by atomic mass is 10.1. The van der Waals surface area contributed by atoms with Crippen LogP contribution in [0.2, 0.25) is 0 Å². The zero-order valence-electron chi connectivity index (χ0n) is 15.0. The lowest BCUT2D eigenvalue weighted by molar-refractivity contribution is 0.411. The normalized spacial score (nSPS) is 14.3. The molecule has 4 rings (SSSR count). The Labute approximate surface area is 161 Å². The Balaban J connectivity index is 1.65. The third-order valence-corrected chi connectivity index (χ3v) is 5.50. The summed E-state index contributed by atoms with van der Waals surface area (Å²) in [5.41, 5.74) is 5.13. The fourth-order valence-corrected chi connectivity index (χ4v) is 4.09. The lowest BCUT2D eigenvalue weighted by Gasteiger charge is -2.20. The summed E-state index contributed by atoms with van der Waals surface area (Å²) in [7, 11) is 0. The number of phenolic OH excluding ortho intramolecular Hbond substituents is 1. The minimum atomic E-state index is 0.136. The Hall–Kier alpha value is -3.12. The van der Waals surface area contributed by atoms with Crippen molar-refractivity contribution in [3.63, 3.8) is 0 Å². The van der Waals surface area contributed by atoms with Crippen molar-refractivity contribution in [2.24, 2.45) is 0 Å². The van der Waals surface area contributed by atoms with Crippen LogP contribution >= 0.6 is 11.3 Å². The molecular weight excluding hydrogens is 358 g/mol. The largest absolute Gasteiger partial charge is 0.510 e. The van der Waals surface area contributed by atoms with Gasteiger partial charge in [-0.15, -0.1) is 11.3 Å². The standard InChI is InChI=1S/C21H19N3O2S/c1-12-3-5-14(6-4-12)16-11-27-21(23-16)19-18(26)10-24(20(19)22)17-8-7-15(25)9-13(17)2/h3-9,11,22,25-26H,10H2,1-2H3. The van der Waals surface area contributed by atoms with Gasteiger partial charge in [-0.25, -0.2) is 4.98 Å². The Morgan fingerprint density at radius 3 is 2.52 bits per heavy atom. The first kappa shape index (κ1) is 17.3. The van der Waals surface area contributed by atoms with Crippen molar-refractivity contribution in [3.8, 4) is 17.0 Å². The van der Waals surface area contributed by atoms with Gasteiger partial charge in [-0.3, -0.25) is 5.41 Å². The number of nitrogens with one attached hydrogen (secondary N) is 1. The molecule has 0 amide bonds. The minimum Gasteiger partial charge on any atom is -0.510 e. The zero-order valence-corrected chi connectivity index (χ0v) is 15.8. The van der Waals surface area contributed by atoms with Crippen LogP contribution in [0.3, 0.4) is 0 Å². The van der Waals surface area contributed by atoms with Crippen molar-refractivity contribution in [2.75, 3.05) is 11.4 Å². The Bertz CT molecular complexity index is 1070. The van der Waals surface area contributed by atoms with Gasteiger partial charge in [0.25, 0.3) is 0 Å². The molecule has 5 nitrogen and oxygen atoms in total. The van der Waals surface area contributed by atoms with Crippen molar-refractivity contribution >= 4 is 28.4 Å². The molecule has 0 spiro atoms. The van der Waals surface area contributed by atoms with E-state index in [9.17, 15) is 10.2 Å². The monoisotopic (exact) mass is 377 g/mol. The number of aromatic hydroxyl groups is 1. The van der Waals surface area contributed by atoms with Gasteiger partial charge in [0.05, 0.1) is 17.8 Å². The maximum Gasteiger partial charge on any atom is 0.139 e. The van der Waals surface area contributed by atoms with Crippen molar-refractivity contribution in [1.29, 1.82) is 5.41 Å². The molecule has 0 saturated heterocycles. The molecule has 27 heavy (non-hydrogen) atoms. The van der Waals surface area contributed by atoms with Crippen LogP contribution in [-0.4, -0.2) is 27.6 Å². The second kappa shape index (κ2) is 6.55. The summed E-state index contributed by atoms with van der Waals surface area (Å²) in [6, 6.07) is 13.1. The molecule has 0 fully saturated rings. The van der Waals surface area contributed by atoms with Gasteiger partial charge in [0, 0.05) is 16.6 Å². The highest BCUT2D eigenvalue weighted by molar-refractivity contribution is 7.11. The maximum atomic E-state index is 10.5. The summed E-state index contributed by atoms with van der Waals surface area (Å²) >= 11 is 1.42. The van der Waals surface area contributed by atoms with Gasteiger partial charge in [0.15, 0.2) is 0 Å². The van der Waals surface area contributed by atoms with Crippen LogP contribution in [0.4, 0.5) is 5.69 Å². The first-order chi connectivity index (χ1) is 12.9. The first-order valence-corrected chi connectivity index (χ1v) is 9.43. The van der Waals surface area contributed by atoms with Gasteiger partial charge in [0.2, 0.25) is 0 Å². The summed E-state index contributed by atoms with van der Waals surface area (Å²) in [6.45, 7) is 4.13. The van der Waals surface area contributed by atoms with E-state index in [2.05, 4.69) is 4.98 Å². The van der Waals surface area contributed by atoms with Crippen molar-refractivity contribution < 1.29 is 10.2 Å². The minimum absolute atomic E-state index is 0.136. The summed E-state index contributed by atoms with van der Waals surface area (Å²) in [5.74, 6) is 0.533. The molecule has 0 unspecified atom stereocenters. The van der Waals surface area contributed by atoms with Gasteiger partial charge in [-0.05, 0) is 37.6 Å². The molecule has 0 saturated carbocycles. The molecule has 6 heteroatoms. The third-order valence-electron chi connectivity index (χ3n) is 4.64. The number of benzene rings is 2. The zero-order chi connectivity index (χ0) is 19.1. The topological polar surface area (TPSA) is 80.4 Å². The van der Waals surface area contributed by atoms with E-state index >= 15 is 0 Å². The molecule has 136 valence electrons. The quantitative estimate of drug-likeness (QED) is 0.606. The molecule has 1 aliphatic rings. The first-order valence-electron chi connectivity index (χ1n) is 8.55. The number of anilines is 1. The SMILES string of the molecule is Cc1ccc(-c2csc(C3=C(O)CN(c4ccc(O)cc4C)C3=N)n2)cc1. The Morgan fingerprint density at radius 2 is 1.81 bits per heavy atom. The summed E-state index contributed by atoms with van der Waals surface area (Å²) in [6.07, 6.45) is 0. The van der Waals surface area contributed by atoms with Gasteiger partial charge in [-0.1, -0.05) is 29.8 Å². The average Bonchev–Trinajstić information content (AvgIpc) is 3.20. The number of amidine groups is 1. The van der Waals surface area contributed by atoms with Gasteiger partial charge < -0.3 is 15.1 Å². The van der Waals surface area contributed by atoms with Crippen molar-refractivity contribution in [1.82, 2.24) is 4.98 Å². The van der Waals surface area contributed by atoms with Crippen LogP contribution in [0.15, 0.2) is 53.6 Å². The van der Waals surface area contributed by atoms with E-state index in [1.165, 1.54) is 16.9 Å². The molecule has 1 aliphatic heterocycles. The van der Waals surface area contributed by atoms with Crippen LogP contribution in [0.25, 0.3) is 16.8 Å². The number of hydrogen-bond donors (Lipinski definition) is 3. The molecule has 0 atom stereocenters. The fraction of sp³-hybridized carbons (Fsp3) is 0.143. The van der Waals surface area contributed by atoms with E-state index in [0.29, 0.717) is 10.6 Å². The number of rotatable bonds is 3. The average molecular weight is 377 g/mol. The number of aryl methyl sites for hydroxylation is 2. The maximum absolute atomic E-state index is 10.5. The van der Waals surface area contributed by atoms with Gasteiger partial charge >= 0.3 is 0 Å². The van der Waals surface area contributed by atoms with Crippen LogP contribution in [-0.2, 0) is 0 Å². The number of aromatic nitrogens is 1. The fourth-order valence-electron chi connectivity index (χ4n) is 3.20. The highest BCUT2D eigenvalue weighted by atomic mass is 32.1. The number of hydrogen-bond acceptors (Lipinski definition) is 5. The highest BCUT2D eigenvalue weighted by Crippen LogP contribution is 2.36. The van der Waals surface area contributed by atoms with Crippen LogP contribution in [0, 0.1) is 19.3 Å². The number of phenols is 1. The van der Waals surface area contributed by atoms with Crippen LogP contribution < -0.4 is 4.90 Å². The van der Waals surface area contributed by atoms with Crippen molar-refractivity contribution in [3.05, 3.63) is 69.7 Å². The Morgan fingerprint density at radius 1 is 1.07 bits per heavy atom. The van der Waals surface area contributed by atoms with E-state index in [1.54, 1.807) is 23.1 Å². The molecule has 0 bridgehead atoms. The molecule has 0 radical (unpaired) electrons. The molecule has 3 N–H and O–H groups in total. The number of thiazole rings is 1. The summed E-state index contributed by atoms with van der Waals surface area (Å²) in [4.78, 5) is 6.38. The highest BCUT2D eigenvalue weighted by Gasteiger charge is 2.32. The van der Waals surface area contributed by atoms with Gasteiger partial charge in [-0.2, -0.15) is 0 Å². The molecular formula is C21H19N3O2S. The second-order valence-corrected chi connectivity index (χ2v) is 7.49. The van der Waals surface area contributed by atoms with E-state index in [0.717, 1.165) is 22.5 Å². The molecule has 0 aliphatic carbocycles.